The third kappa shape index (κ3) is 2.83. The lowest BCUT2D eigenvalue weighted by atomic mass is 10.0. The predicted molar refractivity (Wildman–Crippen MR) is 53.3 cm³/mol. The van der Waals surface area contributed by atoms with Crippen molar-refractivity contribution in [2.75, 3.05) is 0 Å². The molecule has 0 saturated carbocycles. The third-order valence-electron chi connectivity index (χ3n) is 2.01. The fourth-order valence-corrected chi connectivity index (χ4v) is 1.21. The Bertz CT molecular complexity index is 300. The molecule has 0 aliphatic rings. The summed E-state index contributed by atoms with van der Waals surface area (Å²) in [5.74, 6) is -0.784. The average Bonchev–Trinajstić information content (AvgIpc) is 2.18. The zero-order chi connectivity index (χ0) is 10.6. The Morgan fingerprint density at radius 2 is 1.93 bits per heavy atom. The maximum Gasteiger partial charge on any atom is 0.247 e. The van der Waals surface area contributed by atoms with Gasteiger partial charge in [-0.2, -0.15) is 0 Å². The minimum Gasteiger partial charge on any atom is -0.382 e. The van der Waals surface area contributed by atoms with E-state index in [9.17, 15) is 9.90 Å². The summed E-state index contributed by atoms with van der Waals surface area (Å²) in [6, 6.07) is 8.76. The summed E-state index contributed by atoms with van der Waals surface area (Å²) < 4.78 is 0. The Morgan fingerprint density at radius 3 is 2.43 bits per heavy atom. The van der Waals surface area contributed by atoms with Crippen LogP contribution >= 0.6 is 0 Å². The number of hydrogen-bond donors (Lipinski definition) is 3. The molecule has 4 heteroatoms. The molecule has 0 radical (unpaired) electrons. The van der Waals surface area contributed by atoms with Gasteiger partial charge >= 0.3 is 0 Å². The van der Waals surface area contributed by atoms with E-state index in [0.29, 0.717) is 6.42 Å². The van der Waals surface area contributed by atoms with Gasteiger partial charge in [0.15, 0.2) is 0 Å². The van der Waals surface area contributed by atoms with Gasteiger partial charge in [0, 0.05) is 6.04 Å². The number of carbonyl (C=O) groups excluding carboxylic acids is 1. The molecule has 1 aromatic carbocycles. The second-order valence-corrected chi connectivity index (χ2v) is 3.20. The highest BCUT2D eigenvalue weighted by molar-refractivity contribution is 5.79. The third-order valence-corrected chi connectivity index (χ3v) is 2.01. The smallest absolute Gasteiger partial charge is 0.247 e. The maximum atomic E-state index is 10.6. The standard InChI is InChI=1S/C10H14N2O2/c11-8(9(13)10(12)14)6-7-4-2-1-3-5-7/h1-5,8-9,13H,6,11H2,(H2,12,14)/t8-,9?/m0/s1. The Labute approximate surface area is 82.5 Å². The summed E-state index contributed by atoms with van der Waals surface area (Å²) >= 11 is 0. The van der Waals surface area contributed by atoms with E-state index in [1.165, 1.54) is 0 Å². The number of rotatable bonds is 4. The van der Waals surface area contributed by atoms with Gasteiger partial charge < -0.3 is 16.6 Å². The zero-order valence-electron chi connectivity index (χ0n) is 7.76. The molecule has 76 valence electrons. The fraction of sp³-hybridized carbons (Fsp3) is 0.300. The molecule has 1 aromatic rings. The molecular weight excluding hydrogens is 180 g/mol. The van der Waals surface area contributed by atoms with Crippen LogP contribution in [0.2, 0.25) is 0 Å². The van der Waals surface area contributed by atoms with Gasteiger partial charge in [0.1, 0.15) is 6.10 Å². The highest BCUT2D eigenvalue weighted by atomic mass is 16.3. The molecular formula is C10H14N2O2. The molecule has 0 aliphatic heterocycles. The number of amides is 1. The van der Waals surface area contributed by atoms with Crippen LogP contribution < -0.4 is 11.5 Å². The fourth-order valence-electron chi connectivity index (χ4n) is 1.21. The van der Waals surface area contributed by atoms with Crippen LogP contribution in [-0.2, 0) is 11.2 Å². The first kappa shape index (κ1) is 10.7. The van der Waals surface area contributed by atoms with Gasteiger partial charge in [-0.3, -0.25) is 4.79 Å². The highest BCUT2D eigenvalue weighted by Gasteiger charge is 2.20. The molecule has 14 heavy (non-hydrogen) atoms. The molecule has 4 nitrogen and oxygen atoms in total. The van der Waals surface area contributed by atoms with Crippen molar-refractivity contribution in [1.82, 2.24) is 0 Å². The van der Waals surface area contributed by atoms with Gasteiger partial charge in [0.2, 0.25) is 5.91 Å². The van der Waals surface area contributed by atoms with Gasteiger partial charge in [-0.05, 0) is 12.0 Å². The summed E-state index contributed by atoms with van der Waals surface area (Å²) in [7, 11) is 0. The molecule has 1 rings (SSSR count). The summed E-state index contributed by atoms with van der Waals surface area (Å²) in [5.41, 5.74) is 11.5. The van der Waals surface area contributed by atoms with Gasteiger partial charge in [-0.1, -0.05) is 30.3 Å². The van der Waals surface area contributed by atoms with Crippen molar-refractivity contribution in [3.8, 4) is 0 Å². The number of aliphatic hydroxyl groups is 1. The van der Waals surface area contributed by atoms with Crippen LogP contribution in [0.1, 0.15) is 5.56 Å². The number of hydrogen-bond acceptors (Lipinski definition) is 3. The van der Waals surface area contributed by atoms with E-state index in [4.69, 9.17) is 11.5 Å². The minimum absolute atomic E-state index is 0.435. The first-order valence-corrected chi connectivity index (χ1v) is 4.38. The number of aliphatic hydroxyl groups excluding tert-OH is 1. The lowest BCUT2D eigenvalue weighted by Crippen LogP contribution is -2.45. The van der Waals surface area contributed by atoms with E-state index in [1.54, 1.807) is 0 Å². The Hall–Kier alpha value is -1.39. The summed E-state index contributed by atoms with van der Waals surface area (Å²) in [5, 5.41) is 9.26. The Balaban J connectivity index is 2.57. The molecule has 0 fully saturated rings. The van der Waals surface area contributed by atoms with E-state index in [-0.39, 0.29) is 0 Å². The van der Waals surface area contributed by atoms with Gasteiger partial charge in [-0.15, -0.1) is 0 Å². The Kier molecular flexibility index (Phi) is 3.62. The van der Waals surface area contributed by atoms with Crippen molar-refractivity contribution in [3.63, 3.8) is 0 Å². The highest BCUT2D eigenvalue weighted by Crippen LogP contribution is 2.04. The summed E-state index contributed by atoms with van der Waals surface area (Å²) in [6.07, 6.45) is -0.847. The lowest BCUT2D eigenvalue weighted by molar-refractivity contribution is -0.126. The minimum atomic E-state index is -1.28. The average molecular weight is 194 g/mol. The molecule has 0 spiro atoms. The number of benzene rings is 1. The zero-order valence-corrected chi connectivity index (χ0v) is 7.76. The second kappa shape index (κ2) is 4.74. The molecule has 0 heterocycles. The molecule has 0 aromatic heterocycles. The quantitative estimate of drug-likeness (QED) is 0.598. The SMILES string of the molecule is NC(=O)C(O)[C@@H](N)Cc1ccccc1. The Morgan fingerprint density at radius 1 is 1.36 bits per heavy atom. The summed E-state index contributed by atoms with van der Waals surface area (Å²) in [4.78, 5) is 10.6. The van der Waals surface area contributed by atoms with Crippen LogP contribution in [-0.4, -0.2) is 23.2 Å². The van der Waals surface area contributed by atoms with Crippen LogP contribution in [0.3, 0.4) is 0 Å². The topological polar surface area (TPSA) is 89.3 Å². The van der Waals surface area contributed by atoms with E-state index in [0.717, 1.165) is 5.56 Å². The predicted octanol–water partition coefficient (Wildman–Crippen LogP) is -0.597. The van der Waals surface area contributed by atoms with Crippen LogP contribution in [0.15, 0.2) is 30.3 Å². The van der Waals surface area contributed by atoms with Crippen molar-refractivity contribution >= 4 is 5.91 Å². The van der Waals surface area contributed by atoms with Gasteiger partial charge in [0.25, 0.3) is 0 Å². The molecule has 2 atom stereocenters. The van der Waals surface area contributed by atoms with E-state index in [2.05, 4.69) is 0 Å². The monoisotopic (exact) mass is 194 g/mol. The number of nitrogens with two attached hydrogens (primary N) is 2. The van der Waals surface area contributed by atoms with Gasteiger partial charge in [-0.25, -0.2) is 0 Å². The van der Waals surface area contributed by atoms with E-state index >= 15 is 0 Å². The summed E-state index contributed by atoms with van der Waals surface area (Å²) in [6.45, 7) is 0. The normalized spacial score (nSPS) is 14.7. The lowest BCUT2D eigenvalue weighted by Gasteiger charge is -2.15. The largest absolute Gasteiger partial charge is 0.382 e. The second-order valence-electron chi connectivity index (χ2n) is 3.20. The van der Waals surface area contributed by atoms with Gasteiger partial charge in [0.05, 0.1) is 0 Å². The van der Waals surface area contributed by atoms with Crippen LogP contribution in [0, 0.1) is 0 Å². The maximum absolute atomic E-state index is 10.6. The number of carbonyl (C=O) groups is 1. The van der Waals surface area contributed by atoms with Crippen molar-refractivity contribution in [2.45, 2.75) is 18.6 Å². The van der Waals surface area contributed by atoms with Crippen molar-refractivity contribution in [2.24, 2.45) is 11.5 Å². The molecule has 0 aliphatic carbocycles. The first-order valence-electron chi connectivity index (χ1n) is 4.38. The molecule has 1 unspecified atom stereocenters. The van der Waals surface area contributed by atoms with E-state index < -0.39 is 18.1 Å². The van der Waals surface area contributed by atoms with Crippen LogP contribution in [0.5, 0.6) is 0 Å². The molecule has 0 saturated heterocycles. The van der Waals surface area contributed by atoms with Crippen molar-refractivity contribution in [3.05, 3.63) is 35.9 Å². The van der Waals surface area contributed by atoms with Crippen LogP contribution in [0.25, 0.3) is 0 Å². The molecule has 1 amide bonds. The van der Waals surface area contributed by atoms with Crippen molar-refractivity contribution in [1.29, 1.82) is 0 Å². The van der Waals surface area contributed by atoms with E-state index in [1.807, 2.05) is 30.3 Å². The van der Waals surface area contributed by atoms with Crippen LogP contribution in [0.4, 0.5) is 0 Å². The van der Waals surface area contributed by atoms with Crippen molar-refractivity contribution < 1.29 is 9.90 Å². The molecule has 0 bridgehead atoms. The first-order chi connectivity index (χ1) is 6.61. The number of primary amides is 1. The molecule has 5 N–H and O–H groups in total.